The number of pyridine rings is 1. The molecule has 5 rings (SSSR count). The fraction of sp³-hybridized carbons (Fsp3) is 0.385. The van der Waals surface area contributed by atoms with Gasteiger partial charge in [-0.2, -0.15) is 13.5 Å². The largest absolute Gasteiger partial charge is 0.489 e. The van der Waals surface area contributed by atoms with Crippen LogP contribution in [0.2, 0.25) is 0 Å². The Morgan fingerprint density at radius 3 is 2.70 bits per heavy atom. The first-order chi connectivity index (χ1) is 21.7. The molecule has 2 amide bonds. The minimum atomic E-state index is -5.01. The minimum absolute atomic E-state index is 0.0608. The van der Waals surface area contributed by atoms with Gasteiger partial charge in [0, 0.05) is 23.4 Å². The van der Waals surface area contributed by atoms with E-state index in [4.69, 9.17) is 19.9 Å². The number of carboxylic acid groups (broad SMARTS) is 1. The van der Waals surface area contributed by atoms with E-state index >= 15 is 0 Å². The molecule has 2 aliphatic heterocycles. The molecule has 0 radical (unpaired) electrons. The number of amides is 2. The van der Waals surface area contributed by atoms with Crippen LogP contribution in [-0.4, -0.2) is 100 Å². The highest BCUT2D eigenvalue weighted by atomic mass is 32.3. The Balaban J connectivity index is 1.27. The minimum Gasteiger partial charge on any atom is -0.489 e. The van der Waals surface area contributed by atoms with Crippen LogP contribution in [0.15, 0.2) is 40.9 Å². The van der Waals surface area contributed by atoms with Crippen LogP contribution >= 0.6 is 11.3 Å². The first kappa shape index (κ1) is 32.8. The Bertz CT molecular complexity index is 1790. The molecule has 4 heterocycles. The Morgan fingerprint density at radius 2 is 2.07 bits per heavy atom. The summed E-state index contributed by atoms with van der Waals surface area (Å²) in [6.45, 7) is 4.03. The Hall–Kier alpha value is -4.63. The SMILES string of the molecule is CC1(C)C(NC(=O)/C(=N\O[C@@H](COc2ccc3nc(NC4CCNC4)ccc3c2)C(=O)O)c2csc(N)n2)C(=O)N1OS(=O)(=O)O. The normalized spacial score (nSPS) is 20.2. The highest BCUT2D eigenvalue weighted by Crippen LogP contribution is 2.33. The summed E-state index contributed by atoms with van der Waals surface area (Å²) in [4.78, 5) is 51.5. The van der Waals surface area contributed by atoms with Gasteiger partial charge < -0.3 is 36.4 Å². The van der Waals surface area contributed by atoms with E-state index in [1.165, 1.54) is 19.2 Å². The highest BCUT2D eigenvalue weighted by Gasteiger charge is 2.58. The van der Waals surface area contributed by atoms with Crippen molar-refractivity contribution in [3.05, 3.63) is 41.4 Å². The fourth-order valence-corrected chi connectivity index (χ4v) is 5.72. The van der Waals surface area contributed by atoms with Crippen molar-refractivity contribution < 1.29 is 46.3 Å². The second-order valence-electron chi connectivity index (χ2n) is 10.8. The van der Waals surface area contributed by atoms with E-state index in [0.717, 1.165) is 42.1 Å². The number of thiazole rings is 1. The summed E-state index contributed by atoms with van der Waals surface area (Å²) in [5.74, 6) is -2.39. The van der Waals surface area contributed by atoms with Gasteiger partial charge >= 0.3 is 16.4 Å². The number of ether oxygens (including phenoxy) is 1. The molecular weight excluding hydrogens is 648 g/mol. The third-order valence-corrected chi connectivity index (χ3v) is 8.13. The zero-order chi connectivity index (χ0) is 33.2. The summed E-state index contributed by atoms with van der Waals surface area (Å²) in [6.07, 6.45) is -0.681. The van der Waals surface area contributed by atoms with Gasteiger partial charge in [0.05, 0.1) is 11.1 Å². The number of hydrogen-bond donors (Lipinski definition) is 6. The van der Waals surface area contributed by atoms with Gasteiger partial charge in [-0.15, -0.1) is 15.6 Å². The number of carbonyl (C=O) groups is 3. The van der Waals surface area contributed by atoms with Crippen molar-refractivity contribution in [1.82, 2.24) is 25.7 Å². The third-order valence-electron chi connectivity index (χ3n) is 7.12. The van der Waals surface area contributed by atoms with Crippen LogP contribution in [0.3, 0.4) is 0 Å². The number of nitrogens with zero attached hydrogens (tertiary/aromatic N) is 4. The number of anilines is 2. The van der Waals surface area contributed by atoms with Gasteiger partial charge in [-0.25, -0.2) is 14.8 Å². The molecule has 46 heavy (non-hydrogen) atoms. The molecule has 20 heteroatoms. The summed E-state index contributed by atoms with van der Waals surface area (Å²) < 4.78 is 41.1. The second kappa shape index (κ2) is 13.0. The molecule has 3 aromatic rings. The molecule has 2 aromatic heterocycles. The van der Waals surface area contributed by atoms with Gasteiger partial charge in [0.2, 0.25) is 0 Å². The average Bonchev–Trinajstić information content (AvgIpc) is 3.67. The average molecular weight is 679 g/mol. The maximum atomic E-state index is 13.2. The van der Waals surface area contributed by atoms with Gasteiger partial charge in [-0.3, -0.25) is 14.1 Å². The zero-order valence-corrected chi connectivity index (χ0v) is 26.0. The molecule has 1 aromatic carbocycles. The number of nitrogens with one attached hydrogen (secondary N) is 3. The third kappa shape index (κ3) is 7.42. The van der Waals surface area contributed by atoms with Gasteiger partial charge in [0.15, 0.2) is 10.8 Å². The van der Waals surface area contributed by atoms with Crippen molar-refractivity contribution >= 4 is 67.1 Å². The van der Waals surface area contributed by atoms with Crippen LogP contribution in [0, 0.1) is 0 Å². The molecule has 2 saturated heterocycles. The van der Waals surface area contributed by atoms with Crippen LogP contribution in [0.4, 0.5) is 10.9 Å². The number of fused-ring (bicyclic) bond motifs is 1. The van der Waals surface area contributed by atoms with E-state index in [2.05, 4.69) is 35.4 Å². The molecule has 18 nitrogen and oxygen atoms in total. The predicted molar refractivity (Wildman–Crippen MR) is 163 cm³/mol. The van der Waals surface area contributed by atoms with Crippen LogP contribution in [0.25, 0.3) is 10.9 Å². The first-order valence-electron chi connectivity index (χ1n) is 13.7. The number of aliphatic carboxylic acids is 1. The summed E-state index contributed by atoms with van der Waals surface area (Å²) in [6, 6.07) is 7.73. The number of rotatable bonds is 13. The lowest BCUT2D eigenvalue weighted by Gasteiger charge is -2.50. The number of hydroxylamine groups is 2. The number of benzene rings is 1. The lowest BCUT2D eigenvalue weighted by atomic mass is 9.84. The number of carbonyl (C=O) groups excluding carboxylic acids is 2. The van der Waals surface area contributed by atoms with Crippen molar-refractivity contribution in [1.29, 1.82) is 0 Å². The van der Waals surface area contributed by atoms with Crippen molar-refractivity contribution in [2.24, 2.45) is 5.16 Å². The molecule has 2 unspecified atom stereocenters. The van der Waals surface area contributed by atoms with Crippen molar-refractivity contribution in [3.63, 3.8) is 0 Å². The number of carboxylic acids is 1. The van der Waals surface area contributed by atoms with E-state index in [-0.39, 0.29) is 10.8 Å². The lowest BCUT2D eigenvalue weighted by Crippen LogP contribution is -2.76. The van der Waals surface area contributed by atoms with Crippen molar-refractivity contribution in [2.45, 2.75) is 44.0 Å². The molecule has 0 aliphatic carbocycles. The number of β-lactam (4-membered cyclic amide) rings is 1. The van der Waals surface area contributed by atoms with Gasteiger partial charge in [-0.1, -0.05) is 5.16 Å². The highest BCUT2D eigenvalue weighted by molar-refractivity contribution is 7.80. The molecule has 0 bridgehead atoms. The Labute approximate surface area is 265 Å². The number of nitrogens with two attached hydrogens (primary N) is 1. The molecule has 7 N–H and O–H groups in total. The van der Waals surface area contributed by atoms with Crippen LogP contribution in [-0.2, 0) is 33.9 Å². The predicted octanol–water partition coefficient (Wildman–Crippen LogP) is 0.140. The first-order valence-corrected chi connectivity index (χ1v) is 16.0. The molecule has 0 spiro atoms. The molecule has 0 saturated carbocycles. The number of hydrogen-bond acceptors (Lipinski definition) is 15. The molecular formula is C26H30N8O10S2. The van der Waals surface area contributed by atoms with E-state index in [0.29, 0.717) is 22.4 Å². The quantitative estimate of drug-likeness (QED) is 0.0608. The van der Waals surface area contributed by atoms with E-state index in [9.17, 15) is 27.9 Å². The summed E-state index contributed by atoms with van der Waals surface area (Å²) in [5, 5.41) is 25.1. The molecule has 2 aliphatic rings. The monoisotopic (exact) mass is 678 g/mol. The zero-order valence-electron chi connectivity index (χ0n) is 24.4. The number of nitrogen functional groups attached to an aromatic ring is 1. The standard InChI is InChI=1S/C26H30N8O10S2/c1-26(2)21(23(36)34(26)44-46(39,40)41)32-22(35)20(17-12-45-25(27)31-17)33-43-18(24(37)38)11-42-15-4-5-16-13(9-15)3-6-19(30-16)29-14-7-8-28-10-14/h3-6,9,12,14,18,21,28H,7-8,10-11H2,1-2H3,(H2,27,31)(H,29,30)(H,32,35)(H,37,38)(H,39,40,41)/b33-20-/t14?,18-,21?/m0/s1. The van der Waals surface area contributed by atoms with Crippen LogP contribution in [0.5, 0.6) is 5.75 Å². The smallest absolute Gasteiger partial charge is 0.418 e. The van der Waals surface area contributed by atoms with Crippen LogP contribution in [0.1, 0.15) is 26.0 Å². The fourth-order valence-electron chi connectivity index (χ4n) is 4.72. The molecule has 3 atom stereocenters. The van der Waals surface area contributed by atoms with E-state index in [1.54, 1.807) is 18.2 Å². The maximum absolute atomic E-state index is 13.2. The van der Waals surface area contributed by atoms with Gasteiger partial charge in [0.1, 0.15) is 29.9 Å². The maximum Gasteiger partial charge on any atom is 0.418 e. The number of aromatic nitrogens is 2. The summed E-state index contributed by atoms with van der Waals surface area (Å²) in [7, 11) is -5.01. The lowest BCUT2D eigenvalue weighted by molar-refractivity contribution is -0.218. The van der Waals surface area contributed by atoms with Crippen LogP contribution < -0.4 is 26.4 Å². The second-order valence-corrected chi connectivity index (χ2v) is 12.7. The molecule has 246 valence electrons. The summed E-state index contributed by atoms with van der Waals surface area (Å²) in [5.41, 5.74) is 4.37. The van der Waals surface area contributed by atoms with Gasteiger partial charge in [0.25, 0.3) is 17.9 Å². The summed E-state index contributed by atoms with van der Waals surface area (Å²) >= 11 is 0.961. The van der Waals surface area contributed by atoms with Crippen molar-refractivity contribution in [3.8, 4) is 5.75 Å². The van der Waals surface area contributed by atoms with E-state index < -0.39 is 58.2 Å². The van der Waals surface area contributed by atoms with Crippen molar-refractivity contribution in [2.75, 3.05) is 30.7 Å². The van der Waals surface area contributed by atoms with Gasteiger partial charge in [-0.05, 0) is 57.1 Å². The Morgan fingerprint density at radius 1 is 1.28 bits per heavy atom. The Kier molecular flexibility index (Phi) is 9.26. The van der Waals surface area contributed by atoms with E-state index in [1.807, 2.05) is 12.1 Å². The topological polar surface area (TPSA) is 257 Å². The number of oxime groups is 1. The molecule has 2 fully saturated rings.